The van der Waals surface area contributed by atoms with E-state index in [1.54, 1.807) is 19.1 Å². The lowest BCUT2D eigenvalue weighted by Gasteiger charge is -2.20. The topological polar surface area (TPSA) is 29.1 Å². The Balaban J connectivity index is 1.48. The molecule has 1 N–H and O–H groups in total. The van der Waals surface area contributed by atoms with Crippen molar-refractivity contribution in [2.75, 3.05) is 0 Å². The fourth-order valence-corrected chi connectivity index (χ4v) is 3.95. The predicted molar refractivity (Wildman–Crippen MR) is 76.5 cm³/mol. The Morgan fingerprint density at radius 1 is 1.35 bits per heavy atom. The van der Waals surface area contributed by atoms with Gasteiger partial charge in [-0.1, -0.05) is 18.6 Å². The monoisotopic (exact) mass is 275 g/mol. The van der Waals surface area contributed by atoms with Crippen LogP contribution in [-0.4, -0.2) is 5.91 Å². The minimum Gasteiger partial charge on any atom is -0.352 e. The summed E-state index contributed by atoms with van der Waals surface area (Å²) in [6.07, 6.45) is 5.95. The number of hydrogen-bond acceptors (Lipinski definition) is 1. The number of hydrogen-bond donors (Lipinski definition) is 1. The molecule has 0 radical (unpaired) electrons. The van der Waals surface area contributed by atoms with Crippen molar-refractivity contribution in [2.24, 2.45) is 17.8 Å². The maximum atomic E-state index is 13.2. The van der Waals surface area contributed by atoms with Crippen LogP contribution in [0.1, 0.15) is 43.2 Å². The molecular formula is C17H22FNO. The molecule has 3 rings (SSSR count). The van der Waals surface area contributed by atoms with E-state index in [-0.39, 0.29) is 11.7 Å². The molecule has 1 amide bonds. The van der Waals surface area contributed by atoms with Crippen LogP contribution in [0.3, 0.4) is 0 Å². The molecule has 0 saturated heterocycles. The van der Waals surface area contributed by atoms with Crippen molar-refractivity contribution in [2.45, 2.75) is 45.6 Å². The first-order valence-electron chi connectivity index (χ1n) is 7.63. The third-order valence-corrected chi connectivity index (χ3v) is 5.04. The minimum atomic E-state index is -0.193. The Bertz CT molecular complexity index is 514. The summed E-state index contributed by atoms with van der Waals surface area (Å²) >= 11 is 0. The summed E-state index contributed by atoms with van der Waals surface area (Å²) in [7, 11) is 0. The average molecular weight is 275 g/mol. The Kier molecular flexibility index (Phi) is 3.77. The van der Waals surface area contributed by atoms with Gasteiger partial charge < -0.3 is 5.32 Å². The fraction of sp³-hybridized carbons (Fsp3) is 0.588. The highest BCUT2D eigenvalue weighted by molar-refractivity contribution is 5.76. The number of aryl methyl sites for hydroxylation is 1. The van der Waals surface area contributed by atoms with Crippen molar-refractivity contribution < 1.29 is 9.18 Å². The number of benzene rings is 1. The summed E-state index contributed by atoms with van der Waals surface area (Å²) in [5, 5.41) is 2.97. The van der Waals surface area contributed by atoms with Crippen LogP contribution in [0.15, 0.2) is 18.2 Å². The second kappa shape index (κ2) is 5.55. The third-order valence-electron chi connectivity index (χ3n) is 5.04. The molecule has 1 aromatic carbocycles. The predicted octanol–water partition coefficient (Wildman–Crippen LogP) is 3.58. The zero-order valence-electron chi connectivity index (χ0n) is 12.0. The van der Waals surface area contributed by atoms with E-state index in [1.807, 2.05) is 0 Å². The normalized spacial score (nSPS) is 27.8. The summed E-state index contributed by atoms with van der Waals surface area (Å²) in [6.45, 7) is 2.25. The van der Waals surface area contributed by atoms with Gasteiger partial charge in [0.05, 0.1) is 0 Å². The second-order valence-corrected chi connectivity index (χ2v) is 6.50. The van der Waals surface area contributed by atoms with Gasteiger partial charge in [-0.15, -0.1) is 0 Å². The van der Waals surface area contributed by atoms with Gasteiger partial charge in [-0.05, 0) is 61.1 Å². The average Bonchev–Trinajstić information content (AvgIpc) is 3.02. The van der Waals surface area contributed by atoms with Gasteiger partial charge in [-0.25, -0.2) is 4.39 Å². The van der Waals surface area contributed by atoms with Gasteiger partial charge in [0.15, 0.2) is 0 Å². The third kappa shape index (κ3) is 2.87. The molecule has 0 aromatic heterocycles. The highest BCUT2D eigenvalue weighted by Crippen LogP contribution is 2.49. The molecule has 3 heteroatoms. The van der Waals surface area contributed by atoms with E-state index in [9.17, 15) is 9.18 Å². The minimum absolute atomic E-state index is 0.143. The second-order valence-electron chi connectivity index (χ2n) is 6.50. The number of rotatable bonds is 4. The molecule has 1 aromatic rings. The lowest BCUT2D eigenvalue weighted by atomic mass is 9.86. The van der Waals surface area contributed by atoms with Crippen LogP contribution < -0.4 is 5.32 Å². The van der Waals surface area contributed by atoms with Gasteiger partial charge in [0.25, 0.3) is 0 Å². The summed E-state index contributed by atoms with van der Waals surface area (Å²) < 4.78 is 13.2. The molecule has 3 unspecified atom stereocenters. The Morgan fingerprint density at radius 3 is 2.85 bits per heavy atom. The lowest BCUT2D eigenvalue weighted by molar-refractivity contribution is -0.122. The van der Waals surface area contributed by atoms with Crippen LogP contribution >= 0.6 is 0 Å². The van der Waals surface area contributed by atoms with E-state index in [0.717, 1.165) is 17.4 Å². The van der Waals surface area contributed by atoms with Gasteiger partial charge in [-0.3, -0.25) is 4.79 Å². The zero-order valence-corrected chi connectivity index (χ0v) is 12.0. The molecule has 20 heavy (non-hydrogen) atoms. The van der Waals surface area contributed by atoms with Crippen LogP contribution in [0.25, 0.3) is 0 Å². The maximum absolute atomic E-state index is 13.2. The van der Waals surface area contributed by atoms with Gasteiger partial charge in [-0.2, -0.15) is 0 Å². The molecular weight excluding hydrogens is 253 g/mol. The summed E-state index contributed by atoms with van der Waals surface area (Å²) in [6, 6.07) is 5.00. The smallest absolute Gasteiger partial charge is 0.220 e. The summed E-state index contributed by atoms with van der Waals surface area (Å²) in [5.74, 6) is 2.23. The van der Waals surface area contributed by atoms with Crippen molar-refractivity contribution >= 4 is 5.91 Å². The number of nitrogens with one attached hydrogen (secondary N) is 1. The molecule has 2 nitrogen and oxygen atoms in total. The maximum Gasteiger partial charge on any atom is 0.220 e. The summed E-state index contributed by atoms with van der Waals surface area (Å²) in [5.41, 5.74) is 1.59. The zero-order chi connectivity index (χ0) is 14.1. The standard InChI is InChI=1S/C17H22FNO/c1-11-6-13(3-5-16(11)18)10-19-17(20)9-15-8-12-2-4-14(15)7-12/h3,5-6,12,14-15H,2,4,7-10H2,1H3,(H,19,20). The van der Waals surface area contributed by atoms with Crippen LogP contribution in [0.5, 0.6) is 0 Å². The molecule has 2 aliphatic rings. The molecule has 2 fully saturated rings. The first kappa shape index (κ1) is 13.6. The molecule has 2 saturated carbocycles. The highest BCUT2D eigenvalue weighted by atomic mass is 19.1. The van der Waals surface area contributed by atoms with Gasteiger partial charge in [0, 0.05) is 13.0 Å². The van der Waals surface area contributed by atoms with Crippen LogP contribution in [-0.2, 0) is 11.3 Å². The number of amides is 1. The van der Waals surface area contributed by atoms with Gasteiger partial charge >= 0.3 is 0 Å². The Morgan fingerprint density at radius 2 is 2.20 bits per heavy atom. The number of halogens is 1. The number of carbonyl (C=O) groups excluding carboxylic acids is 1. The number of fused-ring (bicyclic) bond motifs is 2. The van der Waals surface area contributed by atoms with E-state index >= 15 is 0 Å². The van der Waals surface area contributed by atoms with E-state index in [0.29, 0.717) is 24.4 Å². The fourth-order valence-electron chi connectivity index (χ4n) is 3.95. The quantitative estimate of drug-likeness (QED) is 0.894. The molecule has 2 aliphatic carbocycles. The van der Waals surface area contributed by atoms with E-state index in [4.69, 9.17) is 0 Å². The SMILES string of the molecule is Cc1cc(CNC(=O)CC2CC3CCC2C3)ccc1F. The van der Waals surface area contributed by atoms with E-state index < -0.39 is 0 Å². The lowest BCUT2D eigenvalue weighted by Crippen LogP contribution is -2.26. The van der Waals surface area contributed by atoms with Crippen molar-refractivity contribution in [3.05, 3.63) is 35.1 Å². The molecule has 2 bridgehead atoms. The Hall–Kier alpha value is -1.38. The molecule has 0 heterocycles. The van der Waals surface area contributed by atoms with Crippen LogP contribution in [0.4, 0.5) is 4.39 Å². The molecule has 0 aliphatic heterocycles. The first-order valence-corrected chi connectivity index (χ1v) is 7.63. The molecule has 0 spiro atoms. The van der Waals surface area contributed by atoms with Crippen LogP contribution in [0, 0.1) is 30.5 Å². The van der Waals surface area contributed by atoms with Crippen molar-refractivity contribution in [1.82, 2.24) is 5.32 Å². The molecule has 108 valence electrons. The van der Waals surface area contributed by atoms with Gasteiger partial charge in [0.2, 0.25) is 5.91 Å². The first-order chi connectivity index (χ1) is 9.61. The van der Waals surface area contributed by atoms with Gasteiger partial charge in [0.1, 0.15) is 5.82 Å². The highest BCUT2D eigenvalue weighted by Gasteiger charge is 2.39. The van der Waals surface area contributed by atoms with Crippen molar-refractivity contribution in [3.63, 3.8) is 0 Å². The van der Waals surface area contributed by atoms with Crippen molar-refractivity contribution in [1.29, 1.82) is 0 Å². The van der Waals surface area contributed by atoms with E-state index in [1.165, 1.54) is 31.7 Å². The Labute approximate surface area is 119 Å². The van der Waals surface area contributed by atoms with E-state index in [2.05, 4.69) is 5.32 Å². The molecule has 3 atom stereocenters. The summed E-state index contributed by atoms with van der Waals surface area (Å²) in [4.78, 5) is 12.0. The number of carbonyl (C=O) groups is 1. The largest absolute Gasteiger partial charge is 0.352 e. The van der Waals surface area contributed by atoms with Crippen LogP contribution in [0.2, 0.25) is 0 Å². The van der Waals surface area contributed by atoms with Crippen molar-refractivity contribution in [3.8, 4) is 0 Å².